The molecule has 1 atom stereocenters. The largest absolute Gasteiger partial charge is 0.396 e. The first-order chi connectivity index (χ1) is 7.24. The third-order valence-corrected chi connectivity index (χ3v) is 2.32. The lowest BCUT2D eigenvalue weighted by atomic mass is 10.0. The molecule has 1 aromatic rings. The van der Waals surface area contributed by atoms with Crippen molar-refractivity contribution < 1.29 is 10.2 Å². The molecule has 1 rings (SSSR count). The topological polar surface area (TPSA) is 40.5 Å². The Morgan fingerprint density at radius 1 is 1.33 bits per heavy atom. The van der Waals surface area contributed by atoms with Crippen molar-refractivity contribution in [2.45, 2.75) is 25.9 Å². The van der Waals surface area contributed by atoms with Crippen molar-refractivity contribution in [1.29, 1.82) is 0 Å². The van der Waals surface area contributed by atoms with Crippen LogP contribution in [0.5, 0.6) is 0 Å². The Morgan fingerprint density at radius 3 is 2.60 bits per heavy atom. The summed E-state index contributed by atoms with van der Waals surface area (Å²) < 4.78 is 0. The maximum Gasteiger partial charge on any atom is 0.0827 e. The number of benzene rings is 1. The van der Waals surface area contributed by atoms with Gasteiger partial charge in [-0.2, -0.15) is 0 Å². The summed E-state index contributed by atoms with van der Waals surface area (Å²) in [7, 11) is 0. The van der Waals surface area contributed by atoms with Crippen LogP contribution in [0, 0.1) is 0 Å². The van der Waals surface area contributed by atoms with Crippen LogP contribution in [-0.4, -0.2) is 16.8 Å². The molecule has 82 valence electrons. The van der Waals surface area contributed by atoms with Crippen LogP contribution in [0.2, 0.25) is 0 Å². The number of hydrogen-bond donors (Lipinski definition) is 2. The summed E-state index contributed by atoms with van der Waals surface area (Å²) in [6.45, 7) is 2.14. The second kappa shape index (κ2) is 6.38. The summed E-state index contributed by atoms with van der Waals surface area (Å²) in [6.07, 6.45) is 2.81. The predicted octanol–water partition coefficient (Wildman–Crippen LogP) is 2.44. The normalized spacial score (nSPS) is 13.9. The van der Waals surface area contributed by atoms with Gasteiger partial charge in [0, 0.05) is 6.61 Å². The maximum absolute atomic E-state index is 9.89. The zero-order valence-corrected chi connectivity index (χ0v) is 9.06. The van der Waals surface area contributed by atoms with E-state index in [1.165, 1.54) is 0 Å². The second-order valence-corrected chi connectivity index (χ2v) is 3.69. The van der Waals surface area contributed by atoms with Gasteiger partial charge in [0.2, 0.25) is 0 Å². The fraction of sp³-hybridized carbons (Fsp3) is 0.385. The van der Waals surface area contributed by atoms with Crippen LogP contribution in [-0.2, 0) is 0 Å². The van der Waals surface area contributed by atoms with Crippen molar-refractivity contribution in [2.24, 2.45) is 0 Å². The van der Waals surface area contributed by atoms with Gasteiger partial charge in [-0.3, -0.25) is 0 Å². The third kappa shape index (κ3) is 4.28. The van der Waals surface area contributed by atoms with E-state index in [0.717, 1.165) is 11.1 Å². The van der Waals surface area contributed by atoms with Crippen molar-refractivity contribution in [2.75, 3.05) is 6.61 Å². The van der Waals surface area contributed by atoms with Crippen LogP contribution in [0.4, 0.5) is 0 Å². The lowest BCUT2D eigenvalue weighted by molar-refractivity contribution is 0.178. The molecule has 0 aliphatic rings. The highest BCUT2D eigenvalue weighted by atomic mass is 16.3. The van der Waals surface area contributed by atoms with E-state index in [1.807, 2.05) is 43.3 Å². The molecule has 2 heteroatoms. The summed E-state index contributed by atoms with van der Waals surface area (Å²) in [4.78, 5) is 0. The molecule has 0 unspecified atom stereocenters. The SMILES string of the molecule is C/C(=C/CCO)C[C@@H](O)c1ccccc1. The van der Waals surface area contributed by atoms with E-state index in [4.69, 9.17) is 5.11 Å². The molecule has 2 nitrogen and oxygen atoms in total. The molecule has 15 heavy (non-hydrogen) atoms. The average Bonchev–Trinajstić information content (AvgIpc) is 2.27. The monoisotopic (exact) mass is 206 g/mol. The predicted molar refractivity (Wildman–Crippen MR) is 61.5 cm³/mol. The van der Waals surface area contributed by atoms with E-state index in [1.54, 1.807) is 0 Å². The van der Waals surface area contributed by atoms with Crippen molar-refractivity contribution in [3.05, 3.63) is 47.5 Å². The Labute approximate surface area is 90.9 Å². The molecule has 2 N–H and O–H groups in total. The summed E-state index contributed by atoms with van der Waals surface area (Å²) in [5.74, 6) is 0. The van der Waals surface area contributed by atoms with E-state index in [0.29, 0.717) is 12.8 Å². The van der Waals surface area contributed by atoms with Gasteiger partial charge < -0.3 is 10.2 Å². The molecule has 0 amide bonds. The second-order valence-electron chi connectivity index (χ2n) is 3.69. The average molecular weight is 206 g/mol. The van der Waals surface area contributed by atoms with Crippen LogP contribution < -0.4 is 0 Å². The van der Waals surface area contributed by atoms with Gasteiger partial charge in [0.1, 0.15) is 0 Å². The fourth-order valence-corrected chi connectivity index (χ4v) is 1.49. The molecule has 0 saturated carbocycles. The fourth-order valence-electron chi connectivity index (χ4n) is 1.49. The third-order valence-electron chi connectivity index (χ3n) is 2.32. The number of aliphatic hydroxyl groups excluding tert-OH is 2. The molecule has 0 spiro atoms. The van der Waals surface area contributed by atoms with Crippen molar-refractivity contribution in [3.8, 4) is 0 Å². The highest BCUT2D eigenvalue weighted by molar-refractivity contribution is 5.19. The first kappa shape index (κ1) is 12.0. The van der Waals surface area contributed by atoms with E-state index < -0.39 is 6.10 Å². The minimum Gasteiger partial charge on any atom is -0.396 e. The Hall–Kier alpha value is -1.12. The molecule has 0 aliphatic carbocycles. The van der Waals surface area contributed by atoms with Crippen molar-refractivity contribution in [1.82, 2.24) is 0 Å². The van der Waals surface area contributed by atoms with Crippen LogP contribution in [0.15, 0.2) is 42.0 Å². The van der Waals surface area contributed by atoms with Crippen molar-refractivity contribution >= 4 is 0 Å². The van der Waals surface area contributed by atoms with E-state index >= 15 is 0 Å². The van der Waals surface area contributed by atoms with Gasteiger partial charge in [0.15, 0.2) is 0 Å². The lowest BCUT2D eigenvalue weighted by Gasteiger charge is -2.10. The van der Waals surface area contributed by atoms with Crippen molar-refractivity contribution in [3.63, 3.8) is 0 Å². The van der Waals surface area contributed by atoms with Gasteiger partial charge in [0.05, 0.1) is 6.10 Å². The number of rotatable bonds is 5. The Bertz CT molecular complexity index is 304. The molecular formula is C13H18O2. The molecule has 1 aromatic carbocycles. The van der Waals surface area contributed by atoms with Crippen LogP contribution in [0.25, 0.3) is 0 Å². The zero-order valence-electron chi connectivity index (χ0n) is 9.06. The van der Waals surface area contributed by atoms with Gasteiger partial charge in [-0.25, -0.2) is 0 Å². The first-order valence-corrected chi connectivity index (χ1v) is 5.23. The van der Waals surface area contributed by atoms with E-state index in [-0.39, 0.29) is 6.61 Å². The van der Waals surface area contributed by atoms with Crippen LogP contribution in [0.3, 0.4) is 0 Å². The molecule has 0 radical (unpaired) electrons. The van der Waals surface area contributed by atoms with Gasteiger partial charge >= 0.3 is 0 Å². The highest BCUT2D eigenvalue weighted by Crippen LogP contribution is 2.20. The van der Waals surface area contributed by atoms with Gasteiger partial charge in [-0.15, -0.1) is 0 Å². The molecule has 0 aliphatic heterocycles. The highest BCUT2D eigenvalue weighted by Gasteiger charge is 2.06. The molecular weight excluding hydrogens is 188 g/mol. The maximum atomic E-state index is 9.89. The molecule has 0 saturated heterocycles. The number of aliphatic hydroxyl groups is 2. The lowest BCUT2D eigenvalue weighted by Crippen LogP contribution is -1.97. The summed E-state index contributed by atoms with van der Waals surface area (Å²) in [5, 5.41) is 18.5. The summed E-state index contributed by atoms with van der Waals surface area (Å²) in [6, 6.07) is 9.62. The van der Waals surface area contributed by atoms with E-state index in [2.05, 4.69) is 0 Å². The summed E-state index contributed by atoms with van der Waals surface area (Å²) >= 11 is 0. The zero-order chi connectivity index (χ0) is 11.1. The minimum absolute atomic E-state index is 0.165. The van der Waals surface area contributed by atoms with Gasteiger partial charge in [-0.1, -0.05) is 42.0 Å². The quantitative estimate of drug-likeness (QED) is 0.726. The summed E-state index contributed by atoms with van der Waals surface area (Å²) in [5.41, 5.74) is 2.05. The Kier molecular flexibility index (Phi) is 5.08. The molecule has 0 aromatic heterocycles. The first-order valence-electron chi connectivity index (χ1n) is 5.23. The smallest absolute Gasteiger partial charge is 0.0827 e. The van der Waals surface area contributed by atoms with Crippen LogP contribution in [0.1, 0.15) is 31.4 Å². The Balaban J connectivity index is 2.52. The molecule has 0 bridgehead atoms. The Morgan fingerprint density at radius 2 is 2.00 bits per heavy atom. The molecule has 0 fully saturated rings. The van der Waals surface area contributed by atoms with Crippen LogP contribution >= 0.6 is 0 Å². The standard InChI is InChI=1S/C13H18O2/c1-11(6-5-9-14)10-13(15)12-7-3-2-4-8-12/h2-4,6-8,13-15H,5,9-10H2,1H3/b11-6-/t13-/m1/s1. The minimum atomic E-state index is -0.443. The van der Waals surface area contributed by atoms with Gasteiger partial charge in [-0.05, 0) is 25.3 Å². The number of hydrogen-bond acceptors (Lipinski definition) is 2. The molecule has 0 heterocycles. The van der Waals surface area contributed by atoms with Gasteiger partial charge in [0.25, 0.3) is 0 Å². The van der Waals surface area contributed by atoms with E-state index in [9.17, 15) is 5.11 Å².